The maximum absolute atomic E-state index is 12.0. The molecule has 7 heteroatoms. The smallest absolute Gasteiger partial charge is 0.277 e. The van der Waals surface area contributed by atoms with E-state index in [1.165, 1.54) is 0 Å². The van der Waals surface area contributed by atoms with Gasteiger partial charge in [-0.3, -0.25) is 9.78 Å². The predicted octanol–water partition coefficient (Wildman–Crippen LogP) is 4.18. The summed E-state index contributed by atoms with van der Waals surface area (Å²) in [5, 5.41) is 5.17. The van der Waals surface area contributed by atoms with Crippen molar-refractivity contribution < 1.29 is 14.3 Å². The lowest BCUT2D eigenvalue weighted by Gasteiger charge is -2.10. The molecule has 0 aliphatic heterocycles. The Labute approximate surface area is 186 Å². The van der Waals surface area contributed by atoms with Crippen LogP contribution in [0, 0.1) is 13.8 Å². The third kappa shape index (κ3) is 4.62. The normalized spacial score (nSPS) is 11.1. The van der Waals surface area contributed by atoms with E-state index in [4.69, 9.17) is 9.47 Å². The molecule has 0 bridgehead atoms. The van der Waals surface area contributed by atoms with Crippen LogP contribution in [0.15, 0.2) is 72.0 Å². The molecular weight excluding hydrogens is 404 g/mol. The average Bonchev–Trinajstić information content (AvgIpc) is 3.10. The van der Waals surface area contributed by atoms with E-state index in [0.717, 1.165) is 39.3 Å². The number of methoxy groups -OCH3 is 1. The van der Waals surface area contributed by atoms with Crippen molar-refractivity contribution in [3.8, 4) is 17.2 Å². The second-order valence-electron chi connectivity index (χ2n) is 7.30. The Kier molecular flexibility index (Phi) is 6.17. The number of ether oxygens (including phenoxy) is 2. The van der Waals surface area contributed by atoms with Gasteiger partial charge in [0.25, 0.3) is 5.91 Å². The predicted molar refractivity (Wildman–Crippen MR) is 125 cm³/mol. The third-order valence-corrected chi connectivity index (χ3v) is 5.14. The number of aryl methyl sites for hydroxylation is 1. The van der Waals surface area contributed by atoms with Gasteiger partial charge >= 0.3 is 0 Å². The third-order valence-electron chi connectivity index (χ3n) is 5.14. The van der Waals surface area contributed by atoms with E-state index in [1.54, 1.807) is 43.8 Å². The summed E-state index contributed by atoms with van der Waals surface area (Å²) in [6.07, 6.45) is 3.44. The fourth-order valence-electron chi connectivity index (χ4n) is 3.54. The van der Waals surface area contributed by atoms with Crippen LogP contribution >= 0.6 is 0 Å². The summed E-state index contributed by atoms with van der Waals surface area (Å²) in [5.74, 6) is 0.969. The Morgan fingerprint density at radius 1 is 1.09 bits per heavy atom. The molecule has 0 atom stereocenters. The van der Waals surface area contributed by atoms with Crippen LogP contribution < -0.4 is 14.9 Å². The number of amides is 1. The Bertz CT molecular complexity index is 1280. The van der Waals surface area contributed by atoms with Crippen molar-refractivity contribution in [2.24, 2.45) is 5.10 Å². The van der Waals surface area contributed by atoms with Gasteiger partial charge in [0.2, 0.25) is 0 Å². The lowest BCUT2D eigenvalue weighted by Crippen LogP contribution is -2.24. The van der Waals surface area contributed by atoms with Gasteiger partial charge in [0.1, 0.15) is 11.5 Å². The van der Waals surface area contributed by atoms with Crippen LogP contribution in [-0.2, 0) is 4.79 Å². The molecule has 0 spiro atoms. The first kappa shape index (κ1) is 21.1. The zero-order valence-electron chi connectivity index (χ0n) is 18.2. The number of nitrogens with one attached hydrogen (secondary N) is 1. The summed E-state index contributed by atoms with van der Waals surface area (Å²) in [6.45, 7) is 3.93. The molecule has 0 fully saturated rings. The first-order valence-electron chi connectivity index (χ1n) is 10.2. The van der Waals surface area contributed by atoms with Gasteiger partial charge < -0.3 is 14.0 Å². The molecule has 1 N–H and O–H groups in total. The first-order chi connectivity index (χ1) is 15.5. The van der Waals surface area contributed by atoms with E-state index < -0.39 is 0 Å². The summed E-state index contributed by atoms with van der Waals surface area (Å²) in [7, 11) is 1.60. The topological polar surface area (TPSA) is 77.7 Å². The van der Waals surface area contributed by atoms with E-state index in [9.17, 15) is 4.79 Å². The highest BCUT2D eigenvalue weighted by Gasteiger charge is 2.10. The van der Waals surface area contributed by atoms with E-state index in [1.807, 2.05) is 38.1 Å². The SMILES string of the molecule is COc1ccc(OCC(=O)N/N=C/c2cc(C)n(-c3ccc4ncccc4c3)c2C)cc1. The summed E-state index contributed by atoms with van der Waals surface area (Å²) in [5.41, 5.74) is 7.54. The zero-order valence-corrected chi connectivity index (χ0v) is 18.2. The van der Waals surface area contributed by atoms with E-state index in [0.29, 0.717) is 5.75 Å². The first-order valence-corrected chi connectivity index (χ1v) is 10.2. The Morgan fingerprint density at radius 2 is 1.88 bits per heavy atom. The Morgan fingerprint density at radius 3 is 2.66 bits per heavy atom. The number of carbonyl (C=O) groups is 1. The standard InChI is InChI=1S/C25H24N4O3/c1-17-13-20(15-27-28-25(30)16-32-23-9-7-22(31-3)8-10-23)18(2)29(17)21-6-11-24-19(14-21)5-4-12-26-24/h4-15H,16H2,1-3H3,(H,28,30)/b27-15+. The highest BCUT2D eigenvalue weighted by atomic mass is 16.5. The average molecular weight is 428 g/mol. The molecule has 0 saturated carbocycles. The molecule has 2 aromatic heterocycles. The van der Waals surface area contributed by atoms with Crippen molar-refractivity contribution in [2.45, 2.75) is 13.8 Å². The minimum absolute atomic E-state index is 0.131. The van der Waals surface area contributed by atoms with Gasteiger partial charge in [0, 0.05) is 34.2 Å². The number of benzene rings is 2. The molecular formula is C25H24N4O3. The van der Waals surface area contributed by atoms with Crippen LogP contribution in [0.5, 0.6) is 11.5 Å². The van der Waals surface area contributed by atoms with Gasteiger partial charge in [-0.2, -0.15) is 5.10 Å². The molecule has 0 saturated heterocycles. The van der Waals surface area contributed by atoms with E-state index >= 15 is 0 Å². The molecule has 0 aliphatic rings. The summed E-state index contributed by atoms with van der Waals surface area (Å²) >= 11 is 0. The monoisotopic (exact) mass is 428 g/mol. The number of fused-ring (bicyclic) bond motifs is 1. The number of carbonyl (C=O) groups excluding carboxylic acids is 1. The Hall–Kier alpha value is -4.13. The fourth-order valence-corrected chi connectivity index (χ4v) is 3.54. The van der Waals surface area contributed by atoms with Crippen molar-refractivity contribution in [3.05, 3.63) is 83.8 Å². The van der Waals surface area contributed by atoms with E-state index in [-0.39, 0.29) is 12.5 Å². The van der Waals surface area contributed by atoms with Crippen LogP contribution in [0.2, 0.25) is 0 Å². The molecule has 7 nitrogen and oxygen atoms in total. The van der Waals surface area contributed by atoms with Gasteiger partial charge in [0.05, 0.1) is 18.8 Å². The highest BCUT2D eigenvalue weighted by molar-refractivity contribution is 5.85. The van der Waals surface area contributed by atoms with Crippen LogP contribution in [0.3, 0.4) is 0 Å². The second-order valence-corrected chi connectivity index (χ2v) is 7.30. The highest BCUT2D eigenvalue weighted by Crippen LogP contribution is 2.23. The number of nitrogens with zero attached hydrogens (tertiary/aromatic N) is 3. The van der Waals surface area contributed by atoms with Crippen LogP contribution in [-0.4, -0.2) is 35.4 Å². The minimum Gasteiger partial charge on any atom is -0.497 e. The van der Waals surface area contributed by atoms with Crippen molar-refractivity contribution in [1.82, 2.24) is 15.0 Å². The van der Waals surface area contributed by atoms with Gasteiger partial charge in [-0.05, 0) is 68.4 Å². The van der Waals surface area contributed by atoms with Crippen LogP contribution in [0.4, 0.5) is 0 Å². The summed E-state index contributed by atoms with van der Waals surface area (Å²) < 4.78 is 12.7. The maximum atomic E-state index is 12.0. The molecule has 2 aromatic carbocycles. The largest absolute Gasteiger partial charge is 0.497 e. The maximum Gasteiger partial charge on any atom is 0.277 e. The van der Waals surface area contributed by atoms with Crippen molar-refractivity contribution in [2.75, 3.05) is 13.7 Å². The molecule has 0 radical (unpaired) electrons. The fraction of sp³-hybridized carbons (Fsp3) is 0.160. The van der Waals surface area contributed by atoms with Crippen molar-refractivity contribution in [3.63, 3.8) is 0 Å². The molecule has 2 heterocycles. The lowest BCUT2D eigenvalue weighted by molar-refractivity contribution is -0.123. The molecule has 4 aromatic rings. The van der Waals surface area contributed by atoms with Gasteiger partial charge in [-0.1, -0.05) is 6.07 Å². The van der Waals surface area contributed by atoms with Gasteiger partial charge in [0.15, 0.2) is 6.61 Å². The summed E-state index contributed by atoms with van der Waals surface area (Å²) in [4.78, 5) is 16.4. The number of aromatic nitrogens is 2. The molecule has 0 unspecified atom stereocenters. The lowest BCUT2D eigenvalue weighted by atomic mass is 10.2. The zero-order chi connectivity index (χ0) is 22.5. The number of rotatable bonds is 7. The van der Waals surface area contributed by atoms with Crippen molar-refractivity contribution in [1.29, 1.82) is 0 Å². The number of hydrogen-bond donors (Lipinski definition) is 1. The number of pyridine rings is 1. The molecule has 0 aliphatic carbocycles. The van der Waals surface area contributed by atoms with E-state index in [2.05, 4.69) is 32.2 Å². The second kappa shape index (κ2) is 9.34. The van der Waals surface area contributed by atoms with Crippen molar-refractivity contribution >= 4 is 23.0 Å². The van der Waals surface area contributed by atoms with Crippen LogP contribution in [0.25, 0.3) is 16.6 Å². The molecule has 4 rings (SSSR count). The van der Waals surface area contributed by atoms with Crippen LogP contribution in [0.1, 0.15) is 17.0 Å². The quantitative estimate of drug-likeness (QED) is 0.354. The number of hydrazone groups is 1. The van der Waals surface area contributed by atoms with Gasteiger partial charge in [-0.15, -0.1) is 0 Å². The Balaban J connectivity index is 1.41. The minimum atomic E-state index is -0.340. The molecule has 162 valence electrons. The molecule has 32 heavy (non-hydrogen) atoms. The van der Waals surface area contributed by atoms with Gasteiger partial charge in [-0.25, -0.2) is 5.43 Å². The summed E-state index contributed by atoms with van der Waals surface area (Å²) in [6, 6.07) is 19.2. The number of hydrogen-bond acceptors (Lipinski definition) is 5. The molecule has 1 amide bonds.